The molecule has 0 aliphatic carbocycles. The van der Waals surface area contributed by atoms with Crippen LogP contribution in [-0.2, 0) is 14.3 Å². The van der Waals surface area contributed by atoms with Crippen LogP contribution in [0.1, 0.15) is 31.9 Å². The summed E-state index contributed by atoms with van der Waals surface area (Å²) in [7, 11) is 1.58. The van der Waals surface area contributed by atoms with Gasteiger partial charge in [-0.15, -0.1) is 6.58 Å². The lowest BCUT2D eigenvalue weighted by atomic mass is 9.94. The SMILES string of the molecule is C=CCN1C(=O)NC(c2ccc(OC)cc2)C(C(=O)OCC)=C1CN1CCN(C(=O)CC)CC1. The van der Waals surface area contributed by atoms with Gasteiger partial charge in [-0.3, -0.25) is 14.6 Å². The Morgan fingerprint density at radius 3 is 2.38 bits per heavy atom. The molecule has 1 unspecified atom stereocenters. The van der Waals surface area contributed by atoms with Crippen LogP contribution in [-0.4, -0.2) is 85.6 Å². The normalized spacial score (nSPS) is 19.0. The van der Waals surface area contributed by atoms with Crippen molar-refractivity contribution in [3.63, 3.8) is 0 Å². The van der Waals surface area contributed by atoms with Gasteiger partial charge in [0.2, 0.25) is 5.91 Å². The van der Waals surface area contributed by atoms with Crippen molar-refractivity contribution in [2.45, 2.75) is 26.3 Å². The largest absolute Gasteiger partial charge is 0.497 e. The number of nitrogens with zero attached hydrogens (tertiary/aromatic N) is 3. The minimum Gasteiger partial charge on any atom is -0.497 e. The zero-order valence-electron chi connectivity index (χ0n) is 20.2. The van der Waals surface area contributed by atoms with E-state index in [2.05, 4.69) is 16.8 Å². The Labute approximate surface area is 201 Å². The van der Waals surface area contributed by atoms with Crippen molar-refractivity contribution in [2.24, 2.45) is 0 Å². The summed E-state index contributed by atoms with van der Waals surface area (Å²) in [6.45, 7) is 10.8. The summed E-state index contributed by atoms with van der Waals surface area (Å²) in [5.41, 5.74) is 1.75. The number of urea groups is 1. The van der Waals surface area contributed by atoms with Gasteiger partial charge in [-0.2, -0.15) is 0 Å². The molecule has 0 spiro atoms. The molecule has 0 saturated carbocycles. The molecule has 1 fully saturated rings. The van der Waals surface area contributed by atoms with E-state index in [-0.39, 0.29) is 25.1 Å². The zero-order chi connectivity index (χ0) is 24.7. The van der Waals surface area contributed by atoms with Gasteiger partial charge in [0.25, 0.3) is 0 Å². The Morgan fingerprint density at radius 2 is 1.82 bits per heavy atom. The Bertz CT molecular complexity index is 935. The van der Waals surface area contributed by atoms with E-state index in [1.807, 2.05) is 24.0 Å². The molecule has 0 bridgehead atoms. The maximum absolute atomic E-state index is 13.2. The van der Waals surface area contributed by atoms with E-state index < -0.39 is 12.0 Å². The number of carbonyl (C=O) groups excluding carboxylic acids is 3. The van der Waals surface area contributed by atoms with Gasteiger partial charge in [0.1, 0.15) is 5.75 Å². The fraction of sp³-hybridized carbons (Fsp3) is 0.480. The first-order valence-electron chi connectivity index (χ1n) is 11.7. The third-order valence-corrected chi connectivity index (χ3v) is 6.10. The van der Waals surface area contributed by atoms with Crippen LogP contribution in [0, 0.1) is 0 Å². The minimum atomic E-state index is -0.656. The van der Waals surface area contributed by atoms with Crippen LogP contribution in [0.25, 0.3) is 0 Å². The molecule has 0 aromatic heterocycles. The van der Waals surface area contributed by atoms with E-state index in [0.29, 0.717) is 56.2 Å². The van der Waals surface area contributed by atoms with Crippen LogP contribution in [0.5, 0.6) is 5.75 Å². The number of esters is 1. The molecule has 1 saturated heterocycles. The van der Waals surface area contributed by atoms with Crippen LogP contribution in [0.3, 0.4) is 0 Å². The molecule has 34 heavy (non-hydrogen) atoms. The summed E-state index contributed by atoms with van der Waals surface area (Å²) < 4.78 is 10.7. The first-order chi connectivity index (χ1) is 16.4. The monoisotopic (exact) mass is 470 g/mol. The lowest BCUT2D eigenvalue weighted by molar-refractivity contribution is -0.139. The van der Waals surface area contributed by atoms with E-state index in [1.165, 1.54) is 0 Å². The average Bonchev–Trinajstić information content (AvgIpc) is 2.86. The van der Waals surface area contributed by atoms with Crippen molar-refractivity contribution in [1.82, 2.24) is 20.0 Å². The Kier molecular flexibility index (Phi) is 8.70. The predicted molar refractivity (Wildman–Crippen MR) is 128 cm³/mol. The van der Waals surface area contributed by atoms with Gasteiger partial charge in [0.05, 0.1) is 25.3 Å². The summed E-state index contributed by atoms with van der Waals surface area (Å²) in [6, 6.07) is 6.30. The van der Waals surface area contributed by atoms with Crippen LogP contribution >= 0.6 is 0 Å². The molecule has 1 atom stereocenters. The number of piperazine rings is 1. The molecule has 0 radical (unpaired) electrons. The van der Waals surface area contributed by atoms with E-state index in [1.54, 1.807) is 37.1 Å². The number of nitrogens with one attached hydrogen (secondary N) is 1. The molecule has 9 nitrogen and oxygen atoms in total. The van der Waals surface area contributed by atoms with Gasteiger partial charge in [-0.05, 0) is 24.6 Å². The van der Waals surface area contributed by atoms with Crippen molar-refractivity contribution in [3.8, 4) is 5.75 Å². The second kappa shape index (κ2) is 11.7. The highest BCUT2D eigenvalue weighted by atomic mass is 16.5. The lowest BCUT2D eigenvalue weighted by Crippen LogP contribution is -2.53. The van der Waals surface area contributed by atoms with Crippen LogP contribution in [0.15, 0.2) is 48.2 Å². The highest BCUT2D eigenvalue weighted by molar-refractivity contribution is 5.95. The summed E-state index contributed by atoms with van der Waals surface area (Å²) in [5, 5.41) is 2.96. The molecule has 1 N–H and O–H groups in total. The van der Waals surface area contributed by atoms with Crippen molar-refractivity contribution >= 4 is 17.9 Å². The molecule has 1 aromatic rings. The number of ether oxygens (including phenoxy) is 2. The number of hydrogen-bond acceptors (Lipinski definition) is 6. The van der Waals surface area contributed by atoms with Gasteiger partial charge in [0, 0.05) is 51.4 Å². The molecular formula is C25H34N4O5. The topological polar surface area (TPSA) is 91.4 Å². The van der Waals surface area contributed by atoms with Crippen molar-refractivity contribution < 1.29 is 23.9 Å². The van der Waals surface area contributed by atoms with Crippen LogP contribution in [0.4, 0.5) is 4.79 Å². The van der Waals surface area contributed by atoms with Crippen LogP contribution < -0.4 is 10.1 Å². The van der Waals surface area contributed by atoms with Crippen LogP contribution in [0.2, 0.25) is 0 Å². The average molecular weight is 471 g/mol. The molecule has 2 aliphatic rings. The Hall–Kier alpha value is -3.33. The Morgan fingerprint density at radius 1 is 1.15 bits per heavy atom. The van der Waals surface area contributed by atoms with E-state index >= 15 is 0 Å². The Balaban J connectivity index is 1.99. The third kappa shape index (κ3) is 5.59. The zero-order valence-corrected chi connectivity index (χ0v) is 20.2. The van der Waals surface area contributed by atoms with Gasteiger partial charge in [0.15, 0.2) is 0 Å². The number of carbonyl (C=O) groups is 3. The van der Waals surface area contributed by atoms with Crippen molar-refractivity contribution in [2.75, 3.05) is 53.0 Å². The van der Waals surface area contributed by atoms with E-state index in [0.717, 1.165) is 5.56 Å². The number of benzene rings is 1. The van der Waals surface area contributed by atoms with E-state index in [9.17, 15) is 14.4 Å². The molecule has 3 rings (SSSR count). The summed E-state index contributed by atoms with van der Waals surface area (Å²) >= 11 is 0. The molecule has 2 heterocycles. The van der Waals surface area contributed by atoms with Gasteiger partial charge in [-0.25, -0.2) is 9.59 Å². The molecular weight excluding hydrogens is 436 g/mol. The minimum absolute atomic E-state index is 0.135. The highest BCUT2D eigenvalue weighted by Gasteiger charge is 2.38. The summed E-state index contributed by atoms with van der Waals surface area (Å²) in [6.07, 6.45) is 2.11. The highest BCUT2D eigenvalue weighted by Crippen LogP contribution is 2.33. The number of methoxy groups -OCH3 is 1. The maximum Gasteiger partial charge on any atom is 0.338 e. The fourth-order valence-corrected chi connectivity index (χ4v) is 4.28. The number of amides is 3. The second-order valence-corrected chi connectivity index (χ2v) is 8.15. The van der Waals surface area contributed by atoms with E-state index in [4.69, 9.17) is 9.47 Å². The predicted octanol–water partition coefficient (Wildman–Crippen LogP) is 2.32. The second-order valence-electron chi connectivity index (χ2n) is 8.15. The molecule has 3 amide bonds. The van der Waals surface area contributed by atoms with Gasteiger partial charge < -0.3 is 19.7 Å². The molecule has 9 heteroatoms. The quantitative estimate of drug-likeness (QED) is 0.440. The standard InChI is InChI=1S/C25H34N4O5/c1-5-12-29-20(17-27-13-15-28(16-14-27)21(30)6-2)22(24(31)34-7-3)23(26-25(29)32)18-8-10-19(33-4)11-9-18/h5,8-11,23H,1,6-7,12-17H2,2-4H3,(H,26,32). The summed E-state index contributed by atoms with van der Waals surface area (Å²) in [4.78, 5) is 44.0. The number of hydrogen-bond donors (Lipinski definition) is 1. The van der Waals surface area contributed by atoms with Crippen molar-refractivity contribution in [3.05, 3.63) is 53.8 Å². The van der Waals surface area contributed by atoms with Gasteiger partial charge >= 0.3 is 12.0 Å². The first-order valence-corrected chi connectivity index (χ1v) is 11.7. The fourth-order valence-electron chi connectivity index (χ4n) is 4.28. The third-order valence-electron chi connectivity index (χ3n) is 6.10. The summed E-state index contributed by atoms with van der Waals surface area (Å²) in [5.74, 6) is 0.351. The number of rotatable bonds is 9. The lowest BCUT2D eigenvalue weighted by Gasteiger charge is -2.40. The first kappa shape index (κ1) is 25.3. The van der Waals surface area contributed by atoms with Crippen molar-refractivity contribution in [1.29, 1.82) is 0 Å². The molecule has 2 aliphatic heterocycles. The van der Waals surface area contributed by atoms with Gasteiger partial charge in [-0.1, -0.05) is 25.1 Å². The maximum atomic E-state index is 13.2. The molecule has 184 valence electrons. The molecule has 1 aromatic carbocycles. The smallest absolute Gasteiger partial charge is 0.338 e.